The van der Waals surface area contributed by atoms with Gasteiger partial charge < -0.3 is 5.32 Å². The number of anilines is 1. The molecule has 4 nitrogen and oxygen atoms in total. The third kappa shape index (κ3) is 3.02. The highest BCUT2D eigenvalue weighted by molar-refractivity contribution is 7.91. The maximum Gasteiger partial charge on any atom is 0.225 e. The molecule has 4 rings (SSSR count). The van der Waals surface area contributed by atoms with E-state index in [4.69, 9.17) is 0 Å². The fourth-order valence-electron chi connectivity index (χ4n) is 3.35. The summed E-state index contributed by atoms with van der Waals surface area (Å²) in [5, 5.41) is 4.05. The summed E-state index contributed by atoms with van der Waals surface area (Å²) in [5.74, 6) is -3.22. The summed E-state index contributed by atoms with van der Waals surface area (Å²) in [6, 6.07) is 10.3. The Hall–Kier alpha value is -2.58. The monoisotopic (exact) mass is 419 g/mol. The van der Waals surface area contributed by atoms with E-state index in [0.717, 1.165) is 23.0 Å². The Labute approximate surface area is 164 Å². The van der Waals surface area contributed by atoms with Crippen LogP contribution < -0.4 is 5.32 Å². The average molecular weight is 419 g/mol. The predicted molar refractivity (Wildman–Crippen MR) is 102 cm³/mol. The lowest BCUT2D eigenvalue weighted by Gasteiger charge is -2.24. The van der Waals surface area contributed by atoms with E-state index >= 15 is 0 Å². The van der Waals surface area contributed by atoms with Gasteiger partial charge in [-0.3, -0.25) is 4.79 Å². The highest BCUT2D eigenvalue weighted by Crippen LogP contribution is 2.46. The molecule has 0 radical (unpaired) electrons. The maximum atomic E-state index is 14.3. The van der Waals surface area contributed by atoms with E-state index in [1.165, 1.54) is 23.6 Å². The molecular formula is C20H15F2NO3S2. The molecule has 1 aliphatic rings. The minimum absolute atomic E-state index is 0.0343. The molecule has 0 aliphatic carbocycles. The van der Waals surface area contributed by atoms with Crippen molar-refractivity contribution in [3.05, 3.63) is 75.5 Å². The van der Waals surface area contributed by atoms with Crippen LogP contribution in [0.25, 0.3) is 0 Å². The van der Waals surface area contributed by atoms with E-state index in [1.54, 1.807) is 25.1 Å². The van der Waals surface area contributed by atoms with E-state index in [0.29, 0.717) is 4.88 Å². The van der Waals surface area contributed by atoms with Crippen LogP contribution in [-0.2, 0) is 14.6 Å². The number of hydrogen-bond acceptors (Lipinski definition) is 4. The molecule has 1 atom stereocenters. The number of hydrogen-bond donors (Lipinski definition) is 1. The maximum absolute atomic E-state index is 14.3. The number of rotatable bonds is 3. The van der Waals surface area contributed by atoms with Crippen LogP contribution in [0.1, 0.15) is 28.3 Å². The number of fused-ring (bicyclic) bond motifs is 1. The molecule has 0 saturated heterocycles. The number of carbonyl (C=O) groups excluding carboxylic acids is 1. The molecule has 0 bridgehead atoms. The first kappa shape index (κ1) is 18.8. The van der Waals surface area contributed by atoms with Crippen LogP contribution in [0.2, 0.25) is 0 Å². The lowest BCUT2D eigenvalue weighted by Crippen LogP contribution is -2.24. The van der Waals surface area contributed by atoms with Crippen molar-refractivity contribution in [2.75, 3.05) is 5.32 Å². The summed E-state index contributed by atoms with van der Waals surface area (Å²) in [6.07, 6.45) is -0.0855. The van der Waals surface area contributed by atoms with Crippen molar-refractivity contribution in [2.24, 2.45) is 0 Å². The van der Waals surface area contributed by atoms with Gasteiger partial charge in [-0.05, 0) is 36.2 Å². The molecule has 28 heavy (non-hydrogen) atoms. The summed E-state index contributed by atoms with van der Waals surface area (Å²) in [6.45, 7) is 1.78. The first-order valence-corrected chi connectivity index (χ1v) is 10.8. The highest BCUT2D eigenvalue weighted by atomic mass is 32.2. The van der Waals surface area contributed by atoms with E-state index in [-0.39, 0.29) is 27.5 Å². The van der Waals surface area contributed by atoms with Crippen molar-refractivity contribution in [3.8, 4) is 0 Å². The number of benzene rings is 2. The number of amides is 1. The van der Waals surface area contributed by atoms with Crippen molar-refractivity contribution in [1.29, 1.82) is 0 Å². The third-order valence-corrected chi connectivity index (χ3v) is 7.72. The Morgan fingerprint density at radius 1 is 1.14 bits per heavy atom. The molecule has 2 heterocycles. The van der Waals surface area contributed by atoms with Gasteiger partial charge in [0.1, 0.15) is 4.90 Å². The Morgan fingerprint density at radius 3 is 2.64 bits per heavy atom. The number of aryl methyl sites for hydroxylation is 1. The number of carbonyl (C=O) groups is 1. The zero-order valence-electron chi connectivity index (χ0n) is 14.7. The van der Waals surface area contributed by atoms with E-state index < -0.39 is 33.3 Å². The lowest BCUT2D eigenvalue weighted by molar-refractivity contribution is -0.116. The molecule has 1 N–H and O–H groups in total. The molecule has 1 unspecified atom stereocenters. The quantitative estimate of drug-likeness (QED) is 0.673. The molecule has 0 fully saturated rings. The molecule has 8 heteroatoms. The highest BCUT2D eigenvalue weighted by Gasteiger charge is 2.35. The van der Waals surface area contributed by atoms with Gasteiger partial charge in [0.05, 0.1) is 10.6 Å². The fourth-order valence-corrected chi connectivity index (χ4v) is 6.36. The zero-order chi connectivity index (χ0) is 20.1. The average Bonchev–Trinajstić information content (AvgIpc) is 3.08. The predicted octanol–water partition coefficient (Wildman–Crippen LogP) is 4.64. The first-order valence-electron chi connectivity index (χ1n) is 8.46. The van der Waals surface area contributed by atoms with Crippen molar-refractivity contribution in [2.45, 2.75) is 29.1 Å². The Balaban J connectivity index is 1.87. The number of sulfone groups is 1. The van der Waals surface area contributed by atoms with Crippen LogP contribution in [0, 0.1) is 18.6 Å². The normalized spacial score (nSPS) is 16.5. The SMILES string of the molecule is Cc1cccc(S(=O)(=O)c2csc3c2NC(=O)CC3c2cccc(F)c2F)c1. The van der Waals surface area contributed by atoms with Gasteiger partial charge in [-0.1, -0.05) is 24.3 Å². The minimum atomic E-state index is -3.88. The molecule has 2 aromatic carbocycles. The molecule has 144 valence electrons. The van der Waals surface area contributed by atoms with Crippen LogP contribution in [0.3, 0.4) is 0 Å². The van der Waals surface area contributed by atoms with Crippen molar-refractivity contribution >= 4 is 32.8 Å². The fraction of sp³-hybridized carbons (Fsp3) is 0.150. The van der Waals surface area contributed by atoms with Crippen molar-refractivity contribution in [1.82, 2.24) is 0 Å². The van der Waals surface area contributed by atoms with Gasteiger partial charge in [0.25, 0.3) is 0 Å². The second kappa shape index (κ2) is 6.79. The molecule has 1 aliphatic heterocycles. The van der Waals surface area contributed by atoms with Crippen molar-refractivity contribution < 1.29 is 22.0 Å². The van der Waals surface area contributed by atoms with Gasteiger partial charge in [-0.25, -0.2) is 17.2 Å². The van der Waals surface area contributed by atoms with E-state index in [2.05, 4.69) is 5.32 Å². The van der Waals surface area contributed by atoms with Crippen LogP contribution in [-0.4, -0.2) is 14.3 Å². The number of thiophene rings is 1. The Bertz CT molecular complexity index is 1200. The van der Waals surface area contributed by atoms with Gasteiger partial charge >= 0.3 is 0 Å². The molecule has 1 aromatic heterocycles. The summed E-state index contributed by atoms with van der Waals surface area (Å²) in [5.41, 5.74) is 0.975. The first-order chi connectivity index (χ1) is 13.3. The van der Waals surface area contributed by atoms with E-state index in [9.17, 15) is 22.0 Å². The van der Waals surface area contributed by atoms with Gasteiger partial charge in [0, 0.05) is 22.6 Å². The van der Waals surface area contributed by atoms with E-state index in [1.807, 2.05) is 0 Å². The minimum Gasteiger partial charge on any atom is -0.324 e. The molecule has 1 amide bonds. The molecule has 0 spiro atoms. The smallest absolute Gasteiger partial charge is 0.225 e. The van der Waals surface area contributed by atoms with Crippen LogP contribution in [0.15, 0.2) is 57.6 Å². The second-order valence-corrected chi connectivity index (χ2v) is 9.44. The number of halogens is 2. The molecule has 3 aromatic rings. The standard InChI is InChI=1S/C20H15F2NO3S2/c1-11-4-2-5-12(8-11)28(25,26)16-10-27-20-14(9-17(24)23-19(16)20)13-6-3-7-15(21)18(13)22/h2-8,10,14H,9H2,1H3,(H,23,24). The van der Waals surface area contributed by atoms with Crippen LogP contribution >= 0.6 is 11.3 Å². The second-order valence-electron chi connectivity index (χ2n) is 6.61. The molecular weight excluding hydrogens is 404 g/mol. The van der Waals surface area contributed by atoms with Crippen LogP contribution in [0.4, 0.5) is 14.5 Å². The van der Waals surface area contributed by atoms with Crippen LogP contribution in [0.5, 0.6) is 0 Å². The third-order valence-electron chi connectivity index (χ3n) is 4.70. The van der Waals surface area contributed by atoms with Gasteiger partial charge in [-0.15, -0.1) is 11.3 Å². The zero-order valence-corrected chi connectivity index (χ0v) is 16.3. The summed E-state index contributed by atoms with van der Waals surface area (Å²) >= 11 is 1.11. The molecule has 0 saturated carbocycles. The topological polar surface area (TPSA) is 63.2 Å². The van der Waals surface area contributed by atoms with Gasteiger partial charge in [0.2, 0.25) is 15.7 Å². The summed E-state index contributed by atoms with van der Waals surface area (Å²) in [7, 11) is -3.88. The largest absolute Gasteiger partial charge is 0.324 e. The van der Waals surface area contributed by atoms with Gasteiger partial charge in [0.15, 0.2) is 11.6 Å². The van der Waals surface area contributed by atoms with Gasteiger partial charge in [-0.2, -0.15) is 0 Å². The Morgan fingerprint density at radius 2 is 1.89 bits per heavy atom. The Kier molecular flexibility index (Phi) is 4.55. The lowest BCUT2D eigenvalue weighted by atomic mass is 9.90. The summed E-state index contributed by atoms with van der Waals surface area (Å²) in [4.78, 5) is 12.8. The van der Waals surface area contributed by atoms with Crippen molar-refractivity contribution in [3.63, 3.8) is 0 Å². The summed E-state index contributed by atoms with van der Waals surface area (Å²) < 4.78 is 54.3. The number of nitrogens with one attached hydrogen (secondary N) is 1.